The molecule has 42 heteroatoms. The number of carboxylic acids is 4. The molecule has 0 aromatic heterocycles. The Morgan fingerprint density at radius 1 is 0.465 bits per heavy atom. The minimum atomic E-state index is -2.22. The largest absolute Gasteiger partial charge is 0.508 e. The highest BCUT2D eigenvalue weighted by atomic mass is 16.4. The molecule has 1 aliphatic rings. The SMILES string of the molecule is CC[C@H](C)[C@H](N)C(=O)N[C@@H](CO)C(=O)N[C@@H](Cc1ccccc1)C(=O)N[C@]1(C)CCCCCC/C=C\CCC[C@@](C)(C(=O)N[C@@H](CCC(=O)O)C(=O)N[C@@H](CO)C(=O)NCC(=O)N[C@@H](CO)C(=O)O)NC(=O)[C@H](Cc2ccc(O)cc2)NC(=O)[C@H](Cc2ccc(O)cc2)NC(=O)[C@H](CC(=O)O)NC(=O)[C@H](CC(C)C)NC(=O)[C@H](CC(C)C)NC(=O)[C@H](CCC(=O)O)NC1=O. The Morgan fingerprint density at radius 2 is 0.930 bits per heavy atom. The maximum Gasteiger partial charge on any atom is 0.328 e. The predicted octanol–water partition coefficient (Wildman–Crippen LogP) is -1.86. The van der Waals surface area contributed by atoms with Gasteiger partial charge in [-0.1, -0.05) is 134 Å². The van der Waals surface area contributed by atoms with E-state index in [1.807, 2.05) is 5.32 Å². The monoisotopic (exact) mass is 1810 g/mol. The van der Waals surface area contributed by atoms with Crippen molar-refractivity contribution in [3.05, 3.63) is 108 Å². The van der Waals surface area contributed by atoms with Gasteiger partial charge >= 0.3 is 23.9 Å². The Kier molecular flexibility index (Phi) is 45.9. The standard InChI is InChI=1S/C87H127N15O27/c1-9-50(6)71(88)82(125)98-65(46-104)79(122)95-61(40-51-22-18-17-19-23-51)80(123)101-86(7)36-20-15-13-11-10-12-14-16-21-37-87(8,85(129)100-57(33-35-69(111)112)74(117)97-64(45-103)72(115)89-44-67(108)90-66(47-105)83(126)127)102-81(124)62(42-53-26-30-55(107)31-27-53)94-77(120)60(41-52-24-28-54(106)29-25-52)93-78(121)63(43-70(113)114)96-76(119)59(39-49(4)5)92-75(118)58(38-48(2)3)91-73(116)56(99-84(86)128)32-34-68(109)110/h12,14,17-19,22-31,48-50,56-66,71,103-107H,9-11,13,15-16,20-21,32-47,88H2,1-8H3,(H,89,115)(H,90,108)(H,91,116)(H,92,118)(H,93,121)(H,94,120)(H,95,122)(H,96,119)(H,97,117)(H,98,125)(H,99,128)(H,100,129)(H,101,123)(H,102,124)(H,109,110)(H,111,112)(H,113,114)(H,126,127)/b14-12-/t50-,56-,57-,58-,59-,60-,61-,62-,63-,64-,65-,66-,71-,86+,87-/m0/s1. The fraction of sp³-hybridized carbons (Fsp3) is 0.563. The smallest absolute Gasteiger partial charge is 0.328 e. The lowest BCUT2D eigenvalue weighted by molar-refractivity contribution is -0.143. The third-order valence-electron chi connectivity index (χ3n) is 21.4. The van der Waals surface area contributed by atoms with Crippen molar-refractivity contribution in [3.63, 3.8) is 0 Å². The van der Waals surface area contributed by atoms with Crippen LogP contribution in [0.4, 0.5) is 0 Å². The number of aliphatic hydroxyl groups is 3. The Labute approximate surface area is 746 Å². The van der Waals surface area contributed by atoms with Gasteiger partial charge in [0.1, 0.15) is 89.0 Å². The van der Waals surface area contributed by atoms with Gasteiger partial charge in [0, 0.05) is 32.1 Å². The molecule has 0 aliphatic carbocycles. The molecule has 3 aromatic carbocycles. The molecular formula is C87H127N15O27. The van der Waals surface area contributed by atoms with Crippen molar-refractivity contribution in [2.45, 2.75) is 267 Å². The molecule has 4 rings (SSSR count). The summed E-state index contributed by atoms with van der Waals surface area (Å²) in [5.74, 6) is -23.6. The van der Waals surface area contributed by atoms with Crippen molar-refractivity contribution in [1.29, 1.82) is 0 Å². The van der Waals surface area contributed by atoms with Gasteiger partial charge in [-0.3, -0.25) is 81.5 Å². The first kappa shape index (κ1) is 109. The van der Waals surface area contributed by atoms with Crippen LogP contribution in [0.1, 0.15) is 181 Å². The van der Waals surface area contributed by atoms with Crippen molar-refractivity contribution in [2.75, 3.05) is 26.4 Å². The van der Waals surface area contributed by atoms with Gasteiger partial charge in [-0.15, -0.1) is 0 Å². The fourth-order valence-electron chi connectivity index (χ4n) is 13.6. The summed E-state index contributed by atoms with van der Waals surface area (Å²) in [6.45, 7) is 8.56. The number of rotatable bonds is 38. The minimum Gasteiger partial charge on any atom is -0.508 e. The number of phenolic OH excluding ortho intramolecular Hbond substituents is 2. The Bertz CT molecular complexity index is 4350. The van der Waals surface area contributed by atoms with Crippen LogP contribution in [0.2, 0.25) is 0 Å². The highest BCUT2D eigenvalue weighted by molar-refractivity contribution is 6.02. The van der Waals surface area contributed by atoms with Gasteiger partial charge in [0.15, 0.2) is 0 Å². The van der Waals surface area contributed by atoms with Crippen LogP contribution in [0.25, 0.3) is 0 Å². The number of amides is 14. The minimum absolute atomic E-state index is 0.0121. The van der Waals surface area contributed by atoms with Crippen molar-refractivity contribution < 1.29 is 132 Å². The molecule has 1 aliphatic heterocycles. The number of hydrogen-bond acceptors (Lipinski definition) is 24. The molecule has 0 saturated carbocycles. The van der Waals surface area contributed by atoms with E-state index in [1.165, 1.54) is 62.4 Å². The second-order valence-corrected chi connectivity index (χ2v) is 33.3. The van der Waals surface area contributed by atoms with Gasteiger partial charge in [-0.2, -0.15) is 0 Å². The zero-order valence-corrected chi connectivity index (χ0v) is 73.7. The summed E-state index contributed by atoms with van der Waals surface area (Å²) in [4.78, 5) is 252. The lowest BCUT2D eigenvalue weighted by Gasteiger charge is -2.34. The summed E-state index contributed by atoms with van der Waals surface area (Å²) >= 11 is 0. The van der Waals surface area contributed by atoms with Crippen LogP contribution in [-0.2, 0) is 106 Å². The highest BCUT2D eigenvalue weighted by Crippen LogP contribution is 2.24. The molecule has 129 heavy (non-hydrogen) atoms. The van der Waals surface area contributed by atoms with E-state index in [0.717, 1.165) is 0 Å². The summed E-state index contributed by atoms with van der Waals surface area (Å²) in [6, 6.07) is -2.08. The molecule has 14 amide bonds. The third kappa shape index (κ3) is 38.4. The number of benzene rings is 3. The van der Waals surface area contributed by atoms with Crippen LogP contribution in [0.3, 0.4) is 0 Å². The van der Waals surface area contributed by atoms with Crippen LogP contribution in [0, 0.1) is 17.8 Å². The van der Waals surface area contributed by atoms with Crippen LogP contribution >= 0.6 is 0 Å². The Balaban J connectivity index is 1.95. The van der Waals surface area contributed by atoms with E-state index in [2.05, 4.69) is 69.1 Å². The van der Waals surface area contributed by atoms with Gasteiger partial charge in [-0.25, -0.2) is 4.79 Å². The van der Waals surface area contributed by atoms with Crippen LogP contribution in [-0.4, -0.2) is 262 Å². The molecule has 0 saturated heterocycles. The van der Waals surface area contributed by atoms with Crippen molar-refractivity contribution >= 4 is 107 Å². The van der Waals surface area contributed by atoms with Gasteiger partial charge in [0.05, 0.1) is 38.8 Å². The van der Waals surface area contributed by atoms with E-state index in [9.17, 15) is 108 Å². The Hall–Kier alpha value is -12.7. The quantitative estimate of drug-likeness (QED) is 0.0280. The number of aliphatic hydroxyl groups excluding tert-OH is 3. The molecule has 15 atom stereocenters. The molecule has 25 N–H and O–H groups in total. The van der Waals surface area contributed by atoms with E-state index in [0.29, 0.717) is 37.7 Å². The topological polar surface area (TPSA) is 684 Å². The van der Waals surface area contributed by atoms with Gasteiger partial charge in [0.2, 0.25) is 82.7 Å². The van der Waals surface area contributed by atoms with E-state index >= 15 is 24.0 Å². The summed E-state index contributed by atoms with van der Waals surface area (Å²) < 4.78 is 0. The first-order valence-electron chi connectivity index (χ1n) is 42.8. The lowest BCUT2D eigenvalue weighted by atomic mass is 9.91. The maximum atomic E-state index is 15.4. The van der Waals surface area contributed by atoms with Crippen molar-refractivity contribution in [1.82, 2.24) is 74.4 Å². The van der Waals surface area contributed by atoms with E-state index in [-0.39, 0.29) is 79.9 Å². The number of phenols is 2. The number of nitrogens with two attached hydrogens (primary N) is 1. The van der Waals surface area contributed by atoms with Crippen molar-refractivity contribution in [2.24, 2.45) is 23.5 Å². The summed E-state index contributed by atoms with van der Waals surface area (Å²) in [5.41, 5.74) is 2.86. The zero-order valence-electron chi connectivity index (χ0n) is 73.7. The molecule has 0 radical (unpaired) electrons. The van der Waals surface area contributed by atoms with Crippen LogP contribution in [0.15, 0.2) is 91.0 Å². The van der Waals surface area contributed by atoms with E-state index in [4.69, 9.17) is 5.73 Å². The summed E-state index contributed by atoms with van der Waals surface area (Å²) in [6.07, 6.45) is -0.311. The maximum absolute atomic E-state index is 15.4. The molecule has 712 valence electrons. The van der Waals surface area contributed by atoms with Crippen LogP contribution in [0.5, 0.6) is 11.5 Å². The first-order valence-corrected chi connectivity index (χ1v) is 42.8. The average Bonchev–Trinajstić information content (AvgIpc) is 0.813. The molecule has 0 unspecified atom stereocenters. The number of allylic oxidation sites excluding steroid dienone is 2. The normalized spacial score (nSPS) is 21.9. The Morgan fingerprint density at radius 3 is 1.44 bits per heavy atom. The second kappa shape index (κ2) is 54.5. The highest BCUT2D eigenvalue weighted by Gasteiger charge is 2.44. The molecule has 0 fully saturated rings. The first-order chi connectivity index (χ1) is 60.8. The zero-order chi connectivity index (χ0) is 96.4. The van der Waals surface area contributed by atoms with Crippen LogP contribution < -0.4 is 80.2 Å². The number of carboxylic acid groups (broad SMARTS) is 4. The molecule has 1 heterocycles. The molecule has 3 aromatic rings. The third-order valence-corrected chi connectivity index (χ3v) is 21.4. The number of carbonyl (C=O) groups is 18. The van der Waals surface area contributed by atoms with Gasteiger partial charge in [-0.05, 0) is 137 Å². The predicted molar refractivity (Wildman–Crippen MR) is 463 cm³/mol. The summed E-state index contributed by atoms with van der Waals surface area (Å²) in [5, 5.41) is 125. The number of aromatic hydroxyl groups is 2. The molecular weight excluding hydrogens is 1690 g/mol. The average molecular weight is 1820 g/mol. The number of nitrogens with one attached hydrogen (secondary N) is 14. The number of hydrogen-bond donors (Lipinski definition) is 24. The van der Waals surface area contributed by atoms with Gasteiger partial charge < -0.3 is 126 Å². The van der Waals surface area contributed by atoms with Crippen molar-refractivity contribution in [3.8, 4) is 11.5 Å². The molecule has 0 spiro atoms. The van der Waals surface area contributed by atoms with E-state index < -0.39 is 273 Å². The number of aliphatic carboxylic acids is 4. The fourth-order valence-corrected chi connectivity index (χ4v) is 13.6. The lowest BCUT2D eigenvalue weighted by Crippen LogP contribution is -2.65. The van der Waals surface area contributed by atoms with Gasteiger partial charge in [0.25, 0.3) is 0 Å². The van der Waals surface area contributed by atoms with E-state index in [1.54, 1.807) is 84.0 Å². The molecule has 42 nitrogen and oxygen atoms in total. The molecule has 0 bridgehead atoms. The summed E-state index contributed by atoms with van der Waals surface area (Å²) in [7, 11) is 0. The second-order valence-electron chi connectivity index (χ2n) is 33.3. The number of carbonyl (C=O) groups excluding carboxylic acids is 14.